The maximum atomic E-state index is 11.8. The van der Waals surface area contributed by atoms with Crippen LogP contribution in [0.4, 0.5) is 34.1 Å². The summed E-state index contributed by atoms with van der Waals surface area (Å²) in [6.07, 6.45) is -0.00485. The average molecular weight is 1360 g/mol. The SMILES string of the molecule is [2H]c1c([2H])c([2H])c2c(c1[2H])Cc1c-2c2c([2H])c([2H])c([2H])c([2H])c2n1-c1c([2H])c([2H])c2c(c1[2H])N(c1c(-c3ccccc3)cc(C(C)(C)C)cc1-c1ccccc1)c1cc(CC)cc3c1C2c1c([2H])c([2H])c(-n2c4[se]c5c([2H])c([2H])c([2H])c([2H])c5c4c4c([2H])c([2H])c([2H])c([2H])c42)c([2H])c1N3c1c(-c2ccccc2)cc(C(C)(C)C)cc1-c1ccccc1. The summed E-state index contributed by atoms with van der Waals surface area (Å²) >= 11 is -1.20. The summed E-state index contributed by atoms with van der Waals surface area (Å²) in [5, 5.41) is -0.210. The Kier molecular flexibility index (Phi) is 9.27. The zero-order valence-electron chi connectivity index (χ0n) is 77.2. The molecule has 0 amide bonds. The number of anilines is 6. The molecule has 0 bridgehead atoms. The van der Waals surface area contributed by atoms with Crippen molar-refractivity contribution in [1.29, 1.82) is 0 Å². The van der Waals surface area contributed by atoms with Gasteiger partial charge in [-0.15, -0.1) is 0 Å². The minimum absolute atomic E-state index is 0.00190. The van der Waals surface area contributed by atoms with Crippen LogP contribution in [0.5, 0.6) is 0 Å². The molecular formula is C94H74N4Se. The number of para-hydroxylation sites is 2. The van der Waals surface area contributed by atoms with Gasteiger partial charge in [-0.25, -0.2) is 0 Å². The van der Waals surface area contributed by atoms with Crippen molar-refractivity contribution in [3.8, 4) is 67.0 Å². The Balaban J connectivity index is 1.07. The fourth-order valence-electron chi connectivity index (χ4n) is 15.2. The molecule has 0 saturated heterocycles. The first-order chi connectivity index (χ1) is 57.5. The summed E-state index contributed by atoms with van der Waals surface area (Å²) in [4.78, 5) is 3.92. The molecule has 5 heterocycles. The van der Waals surface area contributed by atoms with Gasteiger partial charge < -0.3 is 0 Å². The van der Waals surface area contributed by atoms with Crippen molar-refractivity contribution in [2.75, 3.05) is 9.80 Å². The van der Waals surface area contributed by atoms with Crippen LogP contribution in [0.2, 0.25) is 0 Å². The van der Waals surface area contributed by atoms with E-state index < -0.39 is 158 Å². The van der Waals surface area contributed by atoms with E-state index in [0.29, 0.717) is 62.6 Å². The van der Waals surface area contributed by atoms with Gasteiger partial charge in [0.25, 0.3) is 0 Å². The molecule has 1 aliphatic carbocycles. The van der Waals surface area contributed by atoms with Gasteiger partial charge in [-0.2, -0.15) is 0 Å². The third-order valence-corrected chi connectivity index (χ3v) is 22.2. The Hall–Kier alpha value is -10.9. The molecule has 1 unspecified atom stereocenters. The van der Waals surface area contributed by atoms with Crippen LogP contribution in [0.15, 0.2) is 291 Å². The van der Waals surface area contributed by atoms with Crippen LogP contribution in [0.3, 0.4) is 0 Å². The number of benzene rings is 13. The van der Waals surface area contributed by atoms with E-state index in [0.717, 1.165) is 33.4 Å². The van der Waals surface area contributed by atoms with Gasteiger partial charge in [0.2, 0.25) is 0 Å². The molecule has 0 fully saturated rings. The van der Waals surface area contributed by atoms with E-state index in [-0.39, 0.29) is 110 Å². The zero-order valence-corrected chi connectivity index (χ0v) is 56.9. The van der Waals surface area contributed by atoms with E-state index in [9.17, 15) is 24.7 Å². The third-order valence-electron chi connectivity index (χ3n) is 19.9. The van der Waals surface area contributed by atoms with Crippen LogP contribution < -0.4 is 9.80 Å². The van der Waals surface area contributed by atoms with Crippen LogP contribution in [0, 0.1) is 0 Å². The van der Waals surface area contributed by atoms with Gasteiger partial charge in [-0.3, -0.25) is 0 Å². The molecule has 0 saturated carbocycles. The molecule has 4 nitrogen and oxygen atoms in total. The van der Waals surface area contributed by atoms with Crippen LogP contribution >= 0.6 is 0 Å². The van der Waals surface area contributed by atoms with Gasteiger partial charge in [0, 0.05) is 23.1 Å². The number of fused-ring (bicyclic) bond motifs is 14. The molecule has 0 radical (unpaired) electrons. The number of aromatic nitrogens is 2. The Morgan fingerprint density at radius 1 is 0.434 bits per heavy atom. The first-order valence-electron chi connectivity index (χ1n) is 44.3. The molecule has 1 atom stereocenters. The summed E-state index contributed by atoms with van der Waals surface area (Å²) in [7, 11) is 0. The Bertz CT molecular complexity index is 7210. The standard InChI is InChI=1S/C94H74N4Se/c1-8-58-49-82-89-83(50-58)98(91-76(61-33-17-11-18-34-61)54-65(94(5,6)7)55-77(91)62-35-19-12-20-36-62)81-57-67(96-79-43-27-24-40-70(79)88-73-41-25-28-44-85(73)99-92(88)96)46-48-72(81)87(89)71-47-45-66(95-78-42-26-23-39-69(78)86-68-38-22-21-37-63(68)51-84(86)95)56-80(71)97(82)90-74(59-29-13-9-14-30-59)52-64(93(2,3)4)53-75(90)60-31-15-10-16-32-60/h9-50,52-57,87H,8,51H2,1-7H3/i21D,22D,23D,24D,25D,26D,27D,28D,37D,38D,39D,40D,41D,42D,43D,44D,45D,46D,47D,48D,56D,57D. The molecule has 0 spiro atoms. The van der Waals surface area contributed by atoms with Crippen LogP contribution in [0.25, 0.3) is 108 Å². The zero-order chi connectivity index (χ0) is 85.7. The van der Waals surface area contributed by atoms with Gasteiger partial charge >= 0.3 is 405 Å². The topological polar surface area (TPSA) is 16.3 Å². The van der Waals surface area contributed by atoms with Gasteiger partial charge in [0.15, 0.2) is 0 Å². The second-order valence-corrected chi connectivity index (χ2v) is 29.8. The number of hydrogen-bond acceptors (Lipinski definition) is 2. The van der Waals surface area contributed by atoms with E-state index in [1.165, 1.54) is 9.13 Å². The minimum atomic E-state index is -1.54. The van der Waals surface area contributed by atoms with Crippen LogP contribution in [-0.2, 0) is 23.7 Å². The summed E-state index contributed by atoms with van der Waals surface area (Å²) in [5.41, 5.74) is 7.88. The summed E-state index contributed by atoms with van der Waals surface area (Å²) in [6, 6.07) is 39.2. The second-order valence-electron chi connectivity index (χ2n) is 27.7. The molecule has 2 aliphatic heterocycles. The fraction of sp³-hybridized carbons (Fsp3) is 0.128. The molecule has 5 heteroatoms. The van der Waals surface area contributed by atoms with Crippen molar-refractivity contribution in [3.63, 3.8) is 0 Å². The quantitative estimate of drug-likeness (QED) is 0.134. The van der Waals surface area contributed by atoms with Crippen molar-refractivity contribution < 1.29 is 30.2 Å². The van der Waals surface area contributed by atoms with Gasteiger partial charge in [-0.05, 0) is 51.4 Å². The van der Waals surface area contributed by atoms with Crippen LogP contribution in [0.1, 0.15) is 129 Å². The molecule has 16 aromatic rings. The second kappa shape index (κ2) is 22.6. The number of rotatable bonds is 9. The summed E-state index contributed by atoms with van der Waals surface area (Å²) < 4.78 is 223. The first-order valence-corrected chi connectivity index (χ1v) is 35.0. The van der Waals surface area contributed by atoms with E-state index in [1.807, 2.05) is 150 Å². The van der Waals surface area contributed by atoms with Crippen molar-refractivity contribution in [1.82, 2.24) is 9.13 Å². The molecule has 0 N–H and O–H groups in total. The van der Waals surface area contributed by atoms with Crippen molar-refractivity contribution >= 4 is 89.9 Å². The van der Waals surface area contributed by atoms with Crippen molar-refractivity contribution in [2.45, 2.75) is 78.1 Å². The van der Waals surface area contributed by atoms with Crippen molar-refractivity contribution in [2.24, 2.45) is 0 Å². The van der Waals surface area contributed by atoms with E-state index >= 15 is 0 Å². The number of hydrogen-bond donors (Lipinski definition) is 0. The average Bonchev–Trinajstić information content (AvgIpc) is 1.36. The normalized spacial score (nSPS) is 17.0. The number of nitrogens with zero attached hydrogens (tertiary/aromatic N) is 4. The van der Waals surface area contributed by atoms with E-state index in [2.05, 4.69) is 65.8 Å². The first kappa shape index (κ1) is 40.7. The Labute approximate surface area is 616 Å². The van der Waals surface area contributed by atoms with Gasteiger partial charge in [0.05, 0.1) is 16.5 Å². The molecule has 3 aromatic heterocycles. The van der Waals surface area contributed by atoms with E-state index in [4.69, 9.17) is 5.48 Å². The monoisotopic (exact) mass is 1360 g/mol. The maximum absolute atomic E-state index is 11.8. The fourth-order valence-corrected chi connectivity index (χ4v) is 17.6. The summed E-state index contributed by atoms with van der Waals surface area (Å²) in [5.74, 6) is -1.54. The molecule has 3 aliphatic rings. The Morgan fingerprint density at radius 3 is 1.36 bits per heavy atom. The molecule has 13 aromatic carbocycles. The Morgan fingerprint density at radius 2 is 0.869 bits per heavy atom. The molecule has 99 heavy (non-hydrogen) atoms. The van der Waals surface area contributed by atoms with Gasteiger partial charge in [0.1, 0.15) is 0 Å². The van der Waals surface area contributed by atoms with E-state index in [1.54, 1.807) is 0 Å². The third kappa shape index (κ3) is 9.24. The van der Waals surface area contributed by atoms with Gasteiger partial charge in [-0.1, -0.05) is 124 Å². The predicted octanol–water partition coefficient (Wildman–Crippen LogP) is 25.1. The summed E-state index contributed by atoms with van der Waals surface area (Å²) in [6.45, 7) is 14.7. The molecular weight excluding hydrogens is 1260 g/mol. The van der Waals surface area contributed by atoms with Crippen LogP contribution in [-0.4, -0.2) is 23.6 Å². The molecule has 19 rings (SSSR count). The predicted molar refractivity (Wildman–Crippen MR) is 419 cm³/mol. The van der Waals surface area contributed by atoms with Crippen molar-refractivity contribution in [3.05, 3.63) is 335 Å². The molecule has 476 valence electrons. The number of aryl methyl sites for hydroxylation is 1.